The van der Waals surface area contributed by atoms with E-state index in [0.29, 0.717) is 11.4 Å². The molecule has 0 bridgehead atoms. The number of rotatable bonds is 0. The number of ether oxygens (including phenoxy) is 1. The van der Waals surface area contributed by atoms with E-state index < -0.39 is 0 Å². The molecule has 0 unspecified atom stereocenters. The Labute approximate surface area is 151 Å². The highest BCUT2D eigenvalue weighted by Crippen LogP contribution is 2.44. The molecule has 1 aliphatic heterocycles. The van der Waals surface area contributed by atoms with Gasteiger partial charge in [0.2, 0.25) is 0 Å². The Morgan fingerprint density at radius 2 is 1.36 bits per heavy atom. The molecule has 2 nitrogen and oxygen atoms in total. The highest BCUT2D eigenvalue weighted by Gasteiger charge is 2.45. The largest absolute Gasteiger partial charge is 0.370 e. The first-order valence-electron chi connectivity index (χ1n) is 8.63. The molecule has 1 spiro atoms. The van der Waals surface area contributed by atoms with Crippen molar-refractivity contribution in [2.75, 3.05) is 25.4 Å². The van der Waals surface area contributed by atoms with Gasteiger partial charge in [-0.15, -0.1) is 0 Å². The molecule has 0 aromatic rings. The molecule has 1 heterocycles. The predicted octanol–water partition coefficient (Wildman–Crippen LogP) is 5.76. The van der Waals surface area contributed by atoms with Gasteiger partial charge in [-0.25, -0.2) is 0 Å². The summed E-state index contributed by atoms with van der Waals surface area (Å²) in [5.74, 6) is 2.22. The van der Waals surface area contributed by atoms with Gasteiger partial charge < -0.3 is 4.74 Å². The van der Waals surface area contributed by atoms with E-state index in [4.69, 9.17) is 4.74 Å². The summed E-state index contributed by atoms with van der Waals surface area (Å²) < 4.78 is 5.39. The van der Waals surface area contributed by atoms with Crippen LogP contribution in [0.2, 0.25) is 0 Å². The van der Waals surface area contributed by atoms with Crippen LogP contribution in [0.25, 0.3) is 0 Å². The molecule has 0 atom stereocenters. The third kappa shape index (κ3) is 10.5. The molecule has 0 N–H and O–H groups in total. The van der Waals surface area contributed by atoms with Gasteiger partial charge in [0, 0.05) is 12.8 Å². The van der Waals surface area contributed by atoms with Crippen LogP contribution in [0.15, 0.2) is 0 Å². The molecule has 0 radical (unpaired) electrons. The van der Waals surface area contributed by atoms with Crippen LogP contribution >= 0.6 is 28.4 Å². The van der Waals surface area contributed by atoms with E-state index in [9.17, 15) is 4.79 Å². The molecular formula is C18H35IO2S. The summed E-state index contributed by atoms with van der Waals surface area (Å²) in [6.45, 7) is 5.61. The minimum absolute atomic E-state index is 0.197. The normalized spacial score (nSPS) is 32.5. The molecule has 0 aromatic heterocycles. The van der Waals surface area contributed by atoms with Gasteiger partial charge in [-0.2, -0.15) is 7.20 Å². The maximum absolute atomic E-state index is 10.6. The topological polar surface area (TPSA) is 29.6 Å². The third-order valence-electron chi connectivity index (χ3n) is 4.57. The molecule has 2 aliphatic carbocycles. The van der Waals surface area contributed by atoms with E-state index in [-0.39, 0.29) is 7.20 Å². The molecule has 1 saturated heterocycles. The van der Waals surface area contributed by atoms with Crippen molar-refractivity contribution in [2.24, 2.45) is 11.8 Å². The lowest BCUT2D eigenvalue weighted by Crippen LogP contribution is -2.19. The molecule has 2 saturated carbocycles. The van der Waals surface area contributed by atoms with Gasteiger partial charge in [0.05, 0.1) is 12.2 Å². The summed E-state index contributed by atoms with van der Waals surface area (Å²) in [5.41, 5.74) is 0.409. The fraction of sp³-hybridized carbons (Fsp3) is 0.944. The van der Waals surface area contributed by atoms with Crippen molar-refractivity contribution in [3.05, 3.63) is 0 Å². The molecule has 3 rings (SSSR count). The van der Waals surface area contributed by atoms with Crippen LogP contribution in [0.1, 0.15) is 65.2 Å². The van der Waals surface area contributed by atoms with E-state index >= 15 is 0 Å². The zero-order chi connectivity index (χ0) is 16.8. The molecule has 4 heteroatoms. The van der Waals surface area contributed by atoms with Crippen LogP contribution < -0.4 is 0 Å². The Morgan fingerprint density at radius 1 is 1.00 bits per heavy atom. The Hall–Kier alpha value is 0.710. The highest BCUT2D eigenvalue weighted by molar-refractivity contribution is 14.2. The van der Waals surface area contributed by atoms with E-state index in [1.54, 1.807) is 0 Å². The SMILES string of the molecule is CC1CCC(=O)CC1.CC1CCC2(CC1)CO2.CS(C)(C)I. The van der Waals surface area contributed by atoms with Gasteiger partial charge >= 0.3 is 0 Å². The second-order valence-electron chi connectivity index (χ2n) is 8.06. The first kappa shape index (κ1) is 20.8. The van der Waals surface area contributed by atoms with Gasteiger partial charge in [-0.3, -0.25) is 4.79 Å². The van der Waals surface area contributed by atoms with Gasteiger partial charge in [0.25, 0.3) is 0 Å². The lowest BCUT2D eigenvalue weighted by molar-refractivity contribution is -0.120. The number of halogens is 1. The van der Waals surface area contributed by atoms with Crippen LogP contribution in [0.3, 0.4) is 0 Å². The lowest BCUT2D eigenvalue weighted by atomic mass is 9.83. The smallest absolute Gasteiger partial charge is 0.132 e. The number of Topliss-reactive ketones (excluding diaryl/α,β-unsaturated/α-hetero) is 1. The quantitative estimate of drug-likeness (QED) is 0.353. The van der Waals surface area contributed by atoms with Crippen molar-refractivity contribution in [2.45, 2.75) is 70.8 Å². The first-order valence-corrected chi connectivity index (χ1v) is 14.0. The molecule has 22 heavy (non-hydrogen) atoms. The second kappa shape index (κ2) is 9.26. The average molecular weight is 442 g/mol. The Balaban J connectivity index is 0.000000173. The maximum Gasteiger partial charge on any atom is 0.132 e. The zero-order valence-electron chi connectivity index (χ0n) is 15.1. The van der Waals surface area contributed by atoms with E-state index in [2.05, 4.69) is 53.8 Å². The fourth-order valence-corrected chi connectivity index (χ4v) is 2.76. The summed E-state index contributed by atoms with van der Waals surface area (Å²) in [4.78, 5) is 10.6. The molecule has 3 aliphatic rings. The number of hydrogen-bond donors (Lipinski definition) is 0. The van der Waals surface area contributed by atoms with E-state index in [1.165, 1.54) is 25.7 Å². The summed E-state index contributed by atoms with van der Waals surface area (Å²) in [7, 11) is -0.197. The van der Waals surface area contributed by atoms with Crippen LogP contribution in [0.4, 0.5) is 0 Å². The number of carbonyl (C=O) groups excluding carboxylic acids is 1. The van der Waals surface area contributed by atoms with Crippen LogP contribution in [-0.4, -0.2) is 36.8 Å². The van der Waals surface area contributed by atoms with E-state index in [1.807, 2.05) is 0 Å². The van der Waals surface area contributed by atoms with Gasteiger partial charge in [0.1, 0.15) is 5.78 Å². The van der Waals surface area contributed by atoms with E-state index in [0.717, 1.165) is 44.1 Å². The maximum atomic E-state index is 10.6. The minimum atomic E-state index is -0.197. The molecular weight excluding hydrogens is 407 g/mol. The monoisotopic (exact) mass is 442 g/mol. The minimum Gasteiger partial charge on any atom is -0.370 e. The number of hydrogen-bond acceptors (Lipinski definition) is 2. The zero-order valence-corrected chi connectivity index (χ0v) is 18.1. The van der Waals surface area contributed by atoms with Crippen LogP contribution in [0, 0.1) is 11.8 Å². The molecule has 132 valence electrons. The Bertz CT molecular complexity index is 321. The number of epoxide rings is 1. The molecule has 0 aromatic carbocycles. The molecule has 3 fully saturated rings. The first-order chi connectivity index (χ1) is 10.1. The summed E-state index contributed by atoms with van der Waals surface area (Å²) in [6.07, 6.45) is 16.1. The van der Waals surface area contributed by atoms with Crippen LogP contribution in [0.5, 0.6) is 0 Å². The Morgan fingerprint density at radius 3 is 1.68 bits per heavy atom. The van der Waals surface area contributed by atoms with Crippen molar-refractivity contribution in [3.8, 4) is 0 Å². The van der Waals surface area contributed by atoms with Crippen molar-refractivity contribution in [1.29, 1.82) is 0 Å². The lowest BCUT2D eigenvalue weighted by Gasteiger charge is -2.22. The number of ketones is 1. The standard InChI is InChI=1S/C8H14O.C7H12O.C3H9IS/c1-7-2-4-8(5-3-7)6-9-8;1-6-2-4-7(8)5-3-6;1-5(2,3)4/h7H,2-6H2,1H3;6H,2-5H2,1H3;1-3H3. The Kier molecular flexibility index (Phi) is 8.74. The average Bonchev–Trinajstić information content (AvgIpc) is 3.16. The van der Waals surface area contributed by atoms with Crippen molar-refractivity contribution in [1.82, 2.24) is 0 Å². The molecule has 0 amide bonds. The summed E-state index contributed by atoms with van der Waals surface area (Å²) >= 11 is 2.46. The van der Waals surface area contributed by atoms with Crippen molar-refractivity contribution in [3.63, 3.8) is 0 Å². The number of carbonyl (C=O) groups is 1. The third-order valence-corrected chi connectivity index (χ3v) is 4.57. The van der Waals surface area contributed by atoms with Crippen molar-refractivity contribution < 1.29 is 9.53 Å². The highest BCUT2D eigenvalue weighted by atomic mass is 127. The second-order valence-corrected chi connectivity index (χ2v) is 19.4. The summed E-state index contributed by atoms with van der Waals surface area (Å²) in [6, 6.07) is 0. The van der Waals surface area contributed by atoms with Gasteiger partial charge in [-0.05, 0) is 90.3 Å². The fourth-order valence-electron chi connectivity index (χ4n) is 2.76. The van der Waals surface area contributed by atoms with Crippen molar-refractivity contribution >= 4 is 34.2 Å². The summed E-state index contributed by atoms with van der Waals surface area (Å²) in [5, 5.41) is 0. The van der Waals surface area contributed by atoms with Crippen LogP contribution in [-0.2, 0) is 9.53 Å². The van der Waals surface area contributed by atoms with Gasteiger partial charge in [0.15, 0.2) is 0 Å². The predicted molar refractivity (Wildman–Crippen MR) is 108 cm³/mol. The van der Waals surface area contributed by atoms with Gasteiger partial charge in [-0.1, -0.05) is 13.8 Å².